The van der Waals surface area contributed by atoms with Crippen molar-refractivity contribution in [2.24, 2.45) is 4.99 Å². The number of aryl methyl sites for hydroxylation is 1. The number of aliphatic imine (C=N–C) groups is 1. The van der Waals surface area contributed by atoms with E-state index >= 15 is 0 Å². The molecule has 0 radical (unpaired) electrons. The molecule has 2 rings (SSSR count). The monoisotopic (exact) mass is 442 g/mol. The van der Waals surface area contributed by atoms with Crippen LogP contribution in [0.1, 0.15) is 23.6 Å². The lowest BCUT2D eigenvalue weighted by Crippen LogP contribution is -2.38. The van der Waals surface area contributed by atoms with E-state index in [0.29, 0.717) is 6.54 Å². The van der Waals surface area contributed by atoms with Crippen molar-refractivity contribution in [2.75, 3.05) is 13.1 Å². The Morgan fingerprint density at radius 3 is 2.79 bits per heavy atom. The Balaban J connectivity index is 0.00000288. The molecule has 0 saturated carbocycles. The molecule has 1 aromatic heterocycles. The van der Waals surface area contributed by atoms with Crippen LogP contribution in [0.4, 0.5) is 4.39 Å². The summed E-state index contributed by atoms with van der Waals surface area (Å²) in [4.78, 5) is 8.59. The largest absolute Gasteiger partial charge is 0.357 e. The number of hydrogen-bond donors (Lipinski definition) is 2. The van der Waals surface area contributed by atoms with E-state index in [9.17, 15) is 4.39 Å². The lowest BCUT2D eigenvalue weighted by atomic mass is 10.1. The maximum absolute atomic E-state index is 13.2. The van der Waals surface area contributed by atoms with Gasteiger partial charge in [0.1, 0.15) is 5.82 Å². The number of benzene rings is 1. The minimum atomic E-state index is -0.233. The predicted molar refractivity (Wildman–Crippen MR) is 107 cm³/mol. The van der Waals surface area contributed by atoms with Gasteiger partial charge in [-0.05, 0) is 55.2 Å². The summed E-state index contributed by atoms with van der Waals surface area (Å²) in [5, 5.41) is 6.51. The van der Waals surface area contributed by atoms with E-state index in [1.54, 1.807) is 6.07 Å². The number of nitrogens with zero attached hydrogens (tertiary/aromatic N) is 2. The maximum atomic E-state index is 13.2. The van der Waals surface area contributed by atoms with Crippen LogP contribution >= 0.6 is 24.0 Å². The van der Waals surface area contributed by atoms with Crippen LogP contribution in [-0.4, -0.2) is 24.0 Å². The smallest absolute Gasteiger partial charge is 0.191 e. The summed E-state index contributed by atoms with van der Waals surface area (Å²) >= 11 is 0. The highest BCUT2D eigenvalue weighted by Crippen LogP contribution is 2.06. The first-order valence-electron chi connectivity index (χ1n) is 7.85. The second-order valence-electron chi connectivity index (χ2n) is 5.30. The molecular formula is C18H24FIN4. The summed E-state index contributed by atoms with van der Waals surface area (Å²) in [5.74, 6) is 0.507. The quantitative estimate of drug-likeness (QED) is 0.410. The molecule has 0 aliphatic carbocycles. The fraction of sp³-hybridized carbons (Fsp3) is 0.333. The van der Waals surface area contributed by atoms with Crippen molar-refractivity contribution in [1.82, 2.24) is 15.6 Å². The van der Waals surface area contributed by atoms with Gasteiger partial charge in [0.25, 0.3) is 0 Å². The van der Waals surface area contributed by atoms with Crippen molar-refractivity contribution >= 4 is 29.9 Å². The third kappa shape index (κ3) is 6.82. The van der Waals surface area contributed by atoms with Gasteiger partial charge in [-0.25, -0.2) is 9.38 Å². The van der Waals surface area contributed by atoms with Crippen molar-refractivity contribution in [3.05, 3.63) is 65.2 Å². The van der Waals surface area contributed by atoms with E-state index in [4.69, 9.17) is 0 Å². The summed E-state index contributed by atoms with van der Waals surface area (Å²) in [6.45, 7) is 6.09. The molecule has 0 aliphatic heterocycles. The molecule has 0 unspecified atom stereocenters. The fourth-order valence-corrected chi connectivity index (χ4v) is 2.25. The van der Waals surface area contributed by atoms with Crippen LogP contribution < -0.4 is 10.6 Å². The Morgan fingerprint density at radius 1 is 1.25 bits per heavy atom. The van der Waals surface area contributed by atoms with Crippen LogP contribution in [0.3, 0.4) is 0 Å². The molecule has 0 saturated heterocycles. The Kier molecular flexibility index (Phi) is 9.29. The zero-order valence-corrected chi connectivity index (χ0v) is 16.4. The fourth-order valence-electron chi connectivity index (χ4n) is 2.25. The molecule has 1 aromatic carbocycles. The van der Waals surface area contributed by atoms with Crippen LogP contribution in [-0.2, 0) is 13.0 Å². The second-order valence-corrected chi connectivity index (χ2v) is 5.30. The maximum Gasteiger partial charge on any atom is 0.191 e. The molecule has 0 atom stereocenters. The molecule has 6 heteroatoms. The van der Waals surface area contributed by atoms with E-state index < -0.39 is 0 Å². The predicted octanol–water partition coefficient (Wildman–Crippen LogP) is 3.44. The van der Waals surface area contributed by atoms with Gasteiger partial charge in [0, 0.05) is 25.5 Å². The first-order valence-corrected chi connectivity index (χ1v) is 7.85. The molecule has 1 heterocycles. The van der Waals surface area contributed by atoms with Crippen molar-refractivity contribution in [2.45, 2.75) is 26.8 Å². The number of aromatic nitrogens is 1. The van der Waals surface area contributed by atoms with Crippen molar-refractivity contribution in [3.63, 3.8) is 0 Å². The Hall–Kier alpha value is -1.70. The van der Waals surface area contributed by atoms with Crippen molar-refractivity contribution < 1.29 is 4.39 Å². The topological polar surface area (TPSA) is 49.3 Å². The summed E-state index contributed by atoms with van der Waals surface area (Å²) in [5.41, 5.74) is 3.32. The molecule has 0 spiro atoms. The Bertz CT molecular complexity index is 661. The van der Waals surface area contributed by atoms with Gasteiger partial charge in [-0.2, -0.15) is 0 Å². The summed E-state index contributed by atoms with van der Waals surface area (Å²) in [6.07, 6.45) is 4.59. The summed E-state index contributed by atoms with van der Waals surface area (Å²) < 4.78 is 13.2. The zero-order chi connectivity index (χ0) is 16.5. The number of halogens is 2. The number of rotatable bonds is 6. The molecule has 0 fully saturated rings. The summed E-state index contributed by atoms with van der Waals surface area (Å²) in [7, 11) is 0. The normalized spacial score (nSPS) is 10.9. The third-order valence-electron chi connectivity index (χ3n) is 3.48. The van der Waals surface area contributed by atoms with Gasteiger partial charge in [-0.15, -0.1) is 24.0 Å². The van der Waals surface area contributed by atoms with Crippen LogP contribution in [0.25, 0.3) is 0 Å². The van der Waals surface area contributed by atoms with Gasteiger partial charge >= 0.3 is 0 Å². The Morgan fingerprint density at radius 2 is 2.08 bits per heavy atom. The lowest BCUT2D eigenvalue weighted by molar-refractivity contribution is 0.625. The average Bonchev–Trinajstić information content (AvgIpc) is 2.54. The van der Waals surface area contributed by atoms with Crippen molar-refractivity contribution in [3.8, 4) is 0 Å². The van der Waals surface area contributed by atoms with E-state index in [1.807, 2.05) is 31.5 Å². The standard InChI is InChI=1S/C18H23FN4.HI/c1-3-21-18(23-13-15-5-4-6-17(19)11-15)22-10-8-16-7-9-20-12-14(16)2;/h4-7,9,11-12H,3,8,10,13H2,1-2H3,(H2,21,22,23);1H. The zero-order valence-electron chi connectivity index (χ0n) is 14.1. The van der Waals surface area contributed by atoms with Crippen LogP contribution in [0, 0.1) is 12.7 Å². The first kappa shape index (κ1) is 20.3. The van der Waals surface area contributed by atoms with Gasteiger partial charge < -0.3 is 10.6 Å². The van der Waals surface area contributed by atoms with Crippen LogP contribution in [0.5, 0.6) is 0 Å². The van der Waals surface area contributed by atoms with E-state index in [0.717, 1.165) is 31.0 Å². The first-order chi connectivity index (χ1) is 11.2. The van der Waals surface area contributed by atoms with E-state index in [1.165, 1.54) is 23.3 Å². The minimum absolute atomic E-state index is 0. The van der Waals surface area contributed by atoms with E-state index in [2.05, 4.69) is 27.5 Å². The van der Waals surface area contributed by atoms with Gasteiger partial charge in [-0.1, -0.05) is 12.1 Å². The number of guanidine groups is 1. The molecule has 24 heavy (non-hydrogen) atoms. The van der Waals surface area contributed by atoms with Gasteiger partial charge in [0.15, 0.2) is 5.96 Å². The molecule has 4 nitrogen and oxygen atoms in total. The lowest BCUT2D eigenvalue weighted by Gasteiger charge is -2.12. The number of nitrogens with one attached hydrogen (secondary N) is 2. The van der Waals surface area contributed by atoms with Gasteiger partial charge in [0.05, 0.1) is 6.54 Å². The number of hydrogen-bond acceptors (Lipinski definition) is 2. The average molecular weight is 442 g/mol. The SMILES string of the molecule is CCNC(=NCc1cccc(F)c1)NCCc1ccncc1C.I. The highest BCUT2D eigenvalue weighted by Gasteiger charge is 2.01. The third-order valence-corrected chi connectivity index (χ3v) is 3.48. The van der Waals surface area contributed by atoms with E-state index in [-0.39, 0.29) is 29.8 Å². The molecule has 0 amide bonds. The van der Waals surface area contributed by atoms with Gasteiger partial charge in [0.2, 0.25) is 0 Å². The van der Waals surface area contributed by atoms with Crippen molar-refractivity contribution in [1.29, 1.82) is 0 Å². The van der Waals surface area contributed by atoms with Crippen LogP contribution in [0.15, 0.2) is 47.7 Å². The minimum Gasteiger partial charge on any atom is -0.357 e. The Labute approximate surface area is 160 Å². The van der Waals surface area contributed by atoms with Gasteiger partial charge in [-0.3, -0.25) is 4.98 Å². The second kappa shape index (κ2) is 11.0. The highest BCUT2D eigenvalue weighted by atomic mass is 127. The van der Waals surface area contributed by atoms with Crippen LogP contribution in [0.2, 0.25) is 0 Å². The number of pyridine rings is 1. The highest BCUT2D eigenvalue weighted by molar-refractivity contribution is 14.0. The molecule has 130 valence electrons. The molecular weight excluding hydrogens is 418 g/mol. The summed E-state index contributed by atoms with van der Waals surface area (Å²) in [6, 6.07) is 8.55. The molecule has 2 aromatic rings. The molecule has 2 N–H and O–H groups in total. The molecule has 0 aliphatic rings. The molecule has 0 bridgehead atoms.